The summed E-state index contributed by atoms with van der Waals surface area (Å²) in [5.74, 6) is -0.260. The Morgan fingerprint density at radius 3 is 2.42 bits per heavy atom. The number of nitrogens with zero attached hydrogens (tertiary/aromatic N) is 1. The summed E-state index contributed by atoms with van der Waals surface area (Å²) in [5, 5.41) is 7.49. The summed E-state index contributed by atoms with van der Waals surface area (Å²) in [6.45, 7) is 2.25. The average Bonchev–Trinajstić information content (AvgIpc) is 2.24. The van der Waals surface area contributed by atoms with Gasteiger partial charge in [-0.05, 0) is 32.0 Å². The van der Waals surface area contributed by atoms with Crippen molar-refractivity contribution in [2.75, 3.05) is 11.4 Å². The van der Waals surface area contributed by atoms with Crippen molar-refractivity contribution in [3.05, 3.63) is 28.2 Å². The molecular formula is C12H15BrF3N3. The summed E-state index contributed by atoms with van der Waals surface area (Å²) in [5.41, 5.74) is 6.03. The topological polar surface area (TPSA) is 53.1 Å². The second kappa shape index (κ2) is 5.81. The molecule has 0 amide bonds. The number of alkyl halides is 3. The fourth-order valence-electron chi connectivity index (χ4n) is 1.71. The molecule has 7 heteroatoms. The molecular weight excluding hydrogens is 323 g/mol. The maximum absolute atomic E-state index is 12.6. The van der Waals surface area contributed by atoms with Gasteiger partial charge >= 0.3 is 6.18 Å². The van der Waals surface area contributed by atoms with Crippen LogP contribution in [0.4, 0.5) is 18.9 Å². The van der Waals surface area contributed by atoms with Gasteiger partial charge in [-0.3, -0.25) is 5.41 Å². The minimum Gasteiger partial charge on any atom is -0.384 e. The monoisotopic (exact) mass is 337 g/mol. The Bertz CT molecular complexity index is 472. The van der Waals surface area contributed by atoms with Gasteiger partial charge in [0, 0.05) is 21.8 Å². The summed E-state index contributed by atoms with van der Waals surface area (Å²) in [6, 6.07) is 4.35. The molecule has 0 saturated heterocycles. The second-order valence-corrected chi connectivity index (χ2v) is 5.33. The SMILES string of the molecule is CC(C)N(CC(F)(F)F)c1ccc(Br)cc1C(=N)N. The normalized spacial score (nSPS) is 11.7. The number of halogens is 4. The van der Waals surface area contributed by atoms with Crippen LogP contribution in [0.2, 0.25) is 0 Å². The maximum Gasteiger partial charge on any atom is 0.405 e. The Kier molecular flexibility index (Phi) is 4.84. The van der Waals surface area contributed by atoms with E-state index in [1.807, 2.05) is 0 Å². The highest BCUT2D eigenvalue weighted by Crippen LogP contribution is 2.29. The first-order valence-electron chi connectivity index (χ1n) is 5.59. The molecule has 0 radical (unpaired) electrons. The smallest absolute Gasteiger partial charge is 0.384 e. The van der Waals surface area contributed by atoms with Crippen LogP contribution in [0.1, 0.15) is 19.4 Å². The van der Waals surface area contributed by atoms with Crippen molar-refractivity contribution in [3.63, 3.8) is 0 Å². The van der Waals surface area contributed by atoms with E-state index in [2.05, 4.69) is 15.9 Å². The van der Waals surface area contributed by atoms with Gasteiger partial charge in [-0.2, -0.15) is 13.2 Å². The van der Waals surface area contributed by atoms with Gasteiger partial charge in [0.1, 0.15) is 12.4 Å². The van der Waals surface area contributed by atoms with Crippen LogP contribution in [-0.2, 0) is 0 Å². The van der Waals surface area contributed by atoms with E-state index in [0.29, 0.717) is 10.2 Å². The molecule has 0 spiro atoms. The van der Waals surface area contributed by atoms with Crippen molar-refractivity contribution in [2.24, 2.45) is 5.73 Å². The largest absolute Gasteiger partial charge is 0.405 e. The van der Waals surface area contributed by atoms with E-state index >= 15 is 0 Å². The van der Waals surface area contributed by atoms with E-state index in [9.17, 15) is 13.2 Å². The molecule has 0 aromatic heterocycles. The number of rotatable bonds is 4. The number of nitrogens with one attached hydrogen (secondary N) is 1. The van der Waals surface area contributed by atoms with Crippen LogP contribution in [0.25, 0.3) is 0 Å². The molecule has 3 nitrogen and oxygen atoms in total. The van der Waals surface area contributed by atoms with Crippen molar-refractivity contribution < 1.29 is 13.2 Å². The Balaban J connectivity index is 3.27. The van der Waals surface area contributed by atoms with E-state index < -0.39 is 12.7 Å². The van der Waals surface area contributed by atoms with Crippen molar-refractivity contribution >= 4 is 27.5 Å². The van der Waals surface area contributed by atoms with Gasteiger partial charge in [-0.15, -0.1) is 0 Å². The lowest BCUT2D eigenvalue weighted by atomic mass is 10.1. The fraction of sp³-hybridized carbons (Fsp3) is 0.417. The third kappa shape index (κ3) is 4.41. The molecule has 106 valence electrons. The van der Waals surface area contributed by atoms with Gasteiger partial charge in [0.25, 0.3) is 0 Å². The molecule has 19 heavy (non-hydrogen) atoms. The van der Waals surface area contributed by atoms with Crippen LogP contribution in [0, 0.1) is 5.41 Å². The minimum atomic E-state index is -4.31. The molecule has 0 aliphatic heterocycles. The zero-order valence-electron chi connectivity index (χ0n) is 10.6. The Morgan fingerprint density at radius 2 is 2.00 bits per heavy atom. The predicted octanol–water partition coefficient (Wildman–Crippen LogP) is 3.51. The zero-order valence-corrected chi connectivity index (χ0v) is 12.1. The summed E-state index contributed by atoms with van der Waals surface area (Å²) >= 11 is 3.22. The maximum atomic E-state index is 12.6. The van der Waals surface area contributed by atoms with E-state index in [4.69, 9.17) is 11.1 Å². The second-order valence-electron chi connectivity index (χ2n) is 4.41. The minimum absolute atomic E-state index is 0.260. The van der Waals surface area contributed by atoms with Gasteiger partial charge in [-0.1, -0.05) is 15.9 Å². The van der Waals surface area contributed by atoms with Gasteiger partial charge in [0.05, 0.1) is 0 Å². The number of benzene rings is 1. The Labute approximate surface area is 118 Å². The molecule has 3 N–H and O–H groups in total. The highest BCUT2D eigenvalue weighted by Gasteiger charge is 2.33. The summed E-state index contributed by atoms with van der Waals surface area (Å²) in [4.78, 5) is 1.18. The van der Waals surface area contributed by atoms with Crippen LogP contribution < -0.4 is 10.6 Å². The molecule has 1 aromatic carbocycles. The fourth-order valence-corrected chi connectivity index (χ4v) is 2.07. The first kappa shape index (κ1) is 15.8. The summed E-state index contributed by atoms with van der Waals surface area (Å²) in [7, 11) is 0. The van der Waals surface area contributed by atoms with Gasteiger partial charge in [0.15, 0.2) is 0 Å². The van der Waals surface area contributed by atoms with Crippen LogP contribution in [0.15, 0.2) is 22.7 Å². The molecule has 1 aromatic rings. The predicted molar refractivity (Wildman–Crippen MR) is 73.7 cm³/mol. The lowest BCUT2D eigenvalue weighted by Gasteiger charge is -2.31. The number of nitrogen functional groups attached to an aromatic ring is 1. The molecule has 0 atom stereocenters. The van der Waals surface area contributed by atoms with Crippen molar-refractivity contribution in [3.8, 4) is 0 Å². The third-order valence-corrected chi connectivity index (χ3v) is 3.02. The van der Waals surface area contributed by atoms with Crippen LogP contribution >= 0.6 is 15.9 Å². The first-order valence-corrected chi connectivity index (χ1v) is 6.38. The van der Waals surface area contributed by atoms with Crippen molar-refractivity contribution in [1.29, 1.82) is 5.41 Å². The molecule has 0 bridgehead atoms. The number of amidine groups is 1. The average molecular weight is 338 g/mol. The molecule has 1 rings (SSSR count). The molecule has 0 unspecified atom stereocenters. The van der Waals surface area contributed by atoms with E-state index in [-0.39, 0.29) is 17.4 Å². The van der Waals surface area contributed by atoms with Crippen LogP contribution in [0.5, 0.6) is 0 Å². The number of anilines is 1. The van der Waals surface area contributed by atoms with E-state index in [1.54, 1.807) is 26.0 Å². The lowest BCUT2D eigenvalue weighted by Crippen LogP contribution is -2.40. The van der Waals surface area contributed by atoms with Crippen LogP contribution in [-0.4, -0.2) is 24.6 Å². The first-order chi connectivity index (χ1) is 8.61. The van der Waals surface area contributed by atoms with Gasteiger partial charge in [-0.25, -0.2) is 0 Å². The van der Waals surface area contributed by atoms with Gasteiger partial charge < -0.3 is 10.6 Å². The molecule has 0 saturated carbocycles. The zero-order chi connectivity index (χ0) is 14.8. The van der Waals surface area contributed by atoms with E-state index in [1.165, 1.54) is 11.0 Å². The highest BCUT2D eigenvalue weighted by atomic mass is 79.9. The molecule has 0 aliphatic carbocycles. The molecule has 0 aliphatic rings. The number of hydrogen-bond acceptors (Lipinski definition) is 2. The van der Waals surface area contributed by atoms with Crippen molar-refractivity contribution in [1.82, 2.24) is 0 Å². The third-order valence-electron chi connectivity index (χ3n) is 2.53. The quantitative estimate of drug-likeness (QED) is 0.652. The van der Waals surface area contributed by atoms with Gasteiger partial charge in [0.2, 0.25) is 0 Å². The Morgan fingerprint density at radius 1 is 1.42 bits per heavy atom. The number of hydrogen-bond donors (Lipinski definition) is 2. The highest BCUT2D eigenvalue weighted by molar-refractivity contribution is 9.10. The Hall–Kier alpha value is -1.24. The summed E-state index contributed by atoms with van der Waals surface area (Å²) < 4.78 is 38.5. The van der Waals surface area contributed by atoms with Crippen LogP contribution in [0.3, 0.4) is 0 Å². The number of nitrogens with two attached hydrogens (primary N) is 1. The van der Waals surface area contributed by atoms with E-state index in [0.717, 1.165) is 0 Å². The molecule has 0 fully saturated rings. The molecule has 0 heterocycles. The standard InChI is InChI=1S/C12H15BrF3N3/c1-7(2)19(6-12(14,15)16)10-4-3-8(13)5-9(10)11(17)18/h3-5,7H,6H2,1-2H3,(H3,17,18). The lowest BCUT2D eigenvalue weighted by molar-refractivity contribution is -0.120. The summed E-state index contributed by atoms with van der Waals surface area (Å²) in [6.07, 6.45) is -4.31. The van der Waals surface area contributed by atoms with Crippen molar-refractivity contribution in [2.45, 2.75) is 26.1 Å².